The molecule has 0 aromatic heterocycles. The van der Waals surface area contributed by atoms with Gasteiger partial charge in [0.2, 0.25) is 0 Å². The summed E-state index contributed by atoms with van der Waals surface area (Å²) in [4.78, 5) is 0. The minimum Gasteiger partial charge on any atom is -0.380 e. The lowest BCUT2D eigenvalue weighted by Crippen LogP contribution is -2.36. The van der Waals surface area contributed by atoms with E-state index in [0.29, 0.717) is 6.04 Å². The van der Waals surface area contributed by atoms with Gasteiger partial charge in [-0.1, -0.05) is 36.4 Å². The highest BCUT2D eigenvalue weighted by Gasteiger charge is 2.35. The number of nitrogens with one attached hydrogen (secondary N) is 1. The highest BCUT2D eigenvalue weighted by molar-refractivity contribution is 5.65. The van der Waals surface area contributed by atoms with Gasteiger partial charge in [0, 0.05) is 18.1 Å². The molecule has 0 saturated carbocycles. The second-order valence-corrected chi connectivity index (χ2v) is 5.11. The van der Waals surface area contributed by atoms with Gasteiger partial charge in [-0.2, -0.15) is 0 Å². The Hall–Kier alpha value is -1.12. The standard InChI is InChI=1S/C16H23NO/c1-4-18-12-16(11-13(2)17-3)10-9-14-7-5-6-8-15(14)16/h5-10,13,17H,4,11-12H2,1-3H3. The average Bonchev–Trinajstić information content (AvgIpc) is 2.76. The first kappa shape index (κ1) is 13.3. The molecule has 2 unspecified atom stereocenters. The summed E-state index contributed by atoms with van der Waals surface area (Å²) in [6.45, 7) is 5.82. The summed E-state index contributed by atoms with van der Waals surface area (Å²) in [7, 11) is 2.02. The summed E-state index contributed by atoms with van der Waals surface area (Å²) < 4.78 is 5.74. The molecule has 2 atom stereocenters. The van der Waals surface area contributed by atoms with E-state index in [-0.39, 0.29) is 5.41 Å². The monoisotopic (exact) mass is 245 g/mol. The third kappa shape index (κ3) is 2.50. The summed E-state index contributed by atoms with van der Waals surface area (Å²) in [6, 6.07) is 9.11. The molecular weight excluding hydrogens is 222 g/mol. The number of hydrogen-bond acceptors (Lipinski definition) is 2. The number of benzene rings is 1. The van der Waals surface area contributed by atoms with E-state index in [4.69, 9.17) is 4.74 Å². The van der Waals surface area contributed by atoms with E-state index < -0.39 is 0 Å². The quantitative estimate of drug-likeness (QED) is 0.832. The fourth-order valence-electron chi connectivity index (χ4n) is 2.73. The normalized spacial score (nSPS) is 23.1. The minimum atomic E-state index is 0.0367. The minimum absolute atomic E-state index is 0.0367. The van der Waals surface area contributed by atoms with Crippen molar-refractivity contribution >= 4 is 6.08 Å². The van der Waals surface area contributed by atoms with Crippen LogP contribution in [0.3, 0.4) is 0 Å². The average molecular weight is 245 g/mol. The predicted octanol–water partition coefficient (Wildman–Crippen LogP) is 2.99. The molecule has 2 rings (SSSR count). The smallest absolute Gasteiger partial charge is 0.0598 e. The maximum atomic E-state index is 5.74. The lowest BCUT2D eigenvalue weighted by atomic mass is 9.78. The molecule has 0 fully saturated rings. The molecule has 18 heavy (non-hydrogen) atoms. The van der Waals surface area contributed by atoms with E-state index in [0.717, 1.165) is 19.6 Å². The van der Waals surface area contributed by atoms with Crippen molar-refractivity contribution < 1.29 is 4.74 Å². The first-order valence-corrected chi connectivity index (χ1v) is 6.75. The van der Waals surface area contributed by atoms with Crippen LogP contribution in [0.1, 0.15) is 31.4 Å². The maximum absolute atomic E-state index is 5.74. The van der Waals surface area contributed by atoms with Crippen molar-refractivity contribution in [3.05, 3.63) is 41.5 Å². The largest absolute Gasteiger partial charge is 0.380 e. The molecule has 1 aromatic carbocycles. The SMILES string of the molecule is CCOCC1(CC(C)NC)C=Cc2ccccc21. The number of fused-ring (bicyclic) bond motifs is 1. The van der Waals surface area contributed by atoms with Gasteiger partial charge in [0.05, 0.1) is 6.61 Å². The van der Waals surface area contributed by atoms with Crippen LogP contribution in [0.25, 0.3) is 6.08 Å². The Kier molecular flexibility index (Phi) is 4.20. The van der Waals surface area contributed by atoms with Crippen LogP contribution in [-0.2, 0) is 10.2 Å². The molecule has 2 nitrogen and oxygen atoms in total. The van der Waals surface area contributed by atoms with Gasteiger partial charge in [0.1, 0.15) is 0 Å². The molecular formula is C16H23NO. The van der Waals surface area contributed by atoms with Crippen molar-refractivity contribution in [2.75, 3.05) is 20.3 Å². The molecule has 1 aliphatic rings. The highest BCUT2D eigenvalue weighted by atomic mass is 16.5. The fraction of sp³-hybridized carbons (Fsp3) is 0.500. The second kappa shape index (κ2) is 5.68. The third-order valence-electron chi connectivity index (χ3n) is 3.81. The number of ether oxygens (including phenoxy) is 1. The summed E-state index contributed by atoms with van der Waals surface area (Å²) in [5.41, 5.74) is 2.77. The zero-order chi connectivity index (χ0) is 13.0. The van der Waals surface area contributed by atoms with Gasteiger partial charge in [-0.15, -0.1) is 0 Å². The van der Waals surface area contributed by atoms with Gasteiger partial charge in [0.25, 0.3) is 0 Å². The first-order valence-electron chi connectivity index (χ1n) is 6.75. The van der Waals surface area contributed by atoms with Gasteiger partial charge in [0.15, 0.2) is 0 Å². The Morgan fingerprint density at radius 2 is 2.11 bits per heavy atom. The van der Waals surface area contributed by atoms with Crippen molar-refractivity contribution in [1.82, 2.24) is 5.32 Å². The molecule has 2 heteroatoms. The van der Waals surface area contributed by atoms with Gasteiger partial charge in [-0.25, -0.2) is 0 Å². The lowest BCUT2D eigenvalue weighted by molar-refractivity contribution is 0.103. The maximum Gasteiger partial charge on any atom is 0.0598 e. The molecule has 0 heterocycles. The van der Waals surface area contributed by atoms with E-state index in [1.54, 1.807) is 0 Å². The topological polar surface area (TPSA) is 21.3 Å². The summed E-state index contributed by atoms with van der Waals surface area (Å²) >= 11 is 0. The number of rotatable bonds is 6. The lowest BCUT2D eigenvalue weighted by Gasteiger charge is -2.31. The Labute approximate surface area is 110 Å². The molecule has 0 amide bonds. The van der Waals surface area contributed by atoms with Crippen LogP contribution in [0, 0.1) is 0 Å². The highest BCUT2D eigenvalue weighted by Crippen LogP contribution is 2.39. The van der Waals surface area contributed by atoms with Crippen LogP contribution >= 0.6 is 0 Å². The van der Waals surface area contributed by atoms with E-state index in [1.165, 1.54) is 11.1 Å². The number of hydrogen-bond donors (Lipinski definition) is 1. The van der Waals surface area contributed by atoms with Gasteiger partial charge >= 0.3 is 0 Å². The van der Waals surface area contributed by atoms with E-state index >= 15 is 0 Å². The molecule has 1 N–H and O–H groups in total. The molecule has 98 valence electrons. The summed E-state index contributed by atoms with van der Waals surface area (Å²) in [5.74, 6) is 0. The van der Waals surface area contributed by atoms with E-state index in [2.05, 4.69) is 55.6 Å². The molecule has 0 radical (unpaired) electrons. The van der Waals surface area contributed by atoms with Crippen molar-refractivity contribution in [1.29, 1.82) is 0 Å². The molecule has 0 aliphatic heterocycles. The Balaban J connectivity index is 2.29. The van der Waals surface area contributed by atoms with Gasteiger partial charge in [-0.3, -0.25) is 0 Å². The first-order chi connectivity index (χ1) is 8.72. The Morgan fingerprint density at radius 3 is 2.83 bits per heavy atom. The van der Waals surface area contributed by atoms with Crippen LogP contribution in [0.5, 0.6) is 0 Å². The van der Waals surface area contributed by atoms with Gasteiger partial charge in [-0.05, 0) is 38.4 Å². The molecule has 0 bridgehead atoms. The van der Waals surface area contributed by atoms with E-state index in [1.807, 2.05) is 7.05 Å². The second-order valence-electron chi connectivity index (χ2n) is 5.11. The molecule has 1 aliphatic carbocycles. The van der Waals surface area contributed by atoms with E-state index in [9.17, 15) is 0 Å². The molecule has 0 spiro atoms. The Morgan fingerprint density at radius 1 is 1.33 bits per heavy atom. The van der Waals surface area contributed by atoms with Crippen molar-refractivity contribution in [2.45, 2.75) is 31.7 Å². The third-order valence-corrected chi connectivity index (χ3v) is 3.81. The van der Waals surface area contributed by atoms with Crippen LogP contribution in [0.2, 0.25) is 0 Å². The Bertz CT molecular complexity index is 427. The van der Waals surface area contributed by atoms with Crippen LogP contribution in [0.4, 0.5) is 0 Å². The zero-order valence-corrected chi connectivity index (χ0v) is 11.6. The fourth-order valence-corrected chi connectivity index (χ4v) is 2.73. The van der Waals surface area contributed by atoms with Crippen LogP contribution in [0.15, 0.2) is 30.3 Å². The summed E-state index contributed by atoms with van der Waals surface area (Å²) in [6.07, 6.45) is 5.62. The predicted molar refractivity (Wildman–Crippen MR) is 76.8 cm³/mol. The van der Waals surface area contributed by atoms with Crippen molar-refractivity contribution in [3.63, 3.8) is 0 Å². The van der Waals surface area contributed by atoms with Gasteiger partial charge < -0.3 is 10.1 Å². The zero-order valence-electron chi connectivity index (χ0n) is 11.6. The molecule has 0 saturated heterocycles. The van der Waals surface area contributed by atoms with Crippen molar-refractivity contribution in [3.8, 4) is 0 Å². The van der Waals surface area contributed by atoms with Crippen LogP contribution < -0.4 is 5.32 Å². The van der Waals surface area contributed by atoms with Crippen molar-refractivity contribution in [2.24, 2.45) is 0 Å². The molecule has 1 aromatic rings. The van der Waals surface area contributed by atoms with Crippen LogP contribution in [-0.4, -0.2) is 26.3 Å². The summed E-state index contributed by atoms with van der Waals surface area (Å²) in [5, 5.41) is 3.33.